The SMILES string of the molecule is CC(=O)Nc1cccc(-n2cnnc2SCC(=O)Nc2ccc(Oc3ccccc3Cl)cc2)c1. The third-order valence-corrected chi connectivity index (χ3v) is 5.75. The number of ether oxygens (including phenoxy) is 1. The average Bonchev–Trinajstić information content (AvgIpc) is 3.29. The molecule has 0 atom stereocenters. The Morgan fingerprint density at radius 3 is 2.56 bits per heavy atom. The lowest BCUT2D eigenvalue weighted by Gasteiger charge is -2.10. The van der Waals surface area contributed by atoms with E-state index >= 15 is 0 Å². The number of halogens is 1. The Hall–Kier alpha value is -3.82. The molecule has 0 spiro atoms. The Morgan fingerprint density at radius 1 is 1.00 bits per heavy atom. The number of amides is 2. The van der Waals surface area contributed by atoms with E-state index in [4.69, 9.17) is 16.3 Å². The van der Waals surface area contributed by atoms with Crippen LogP contribution in [0, 0.1) is 0 Å². The van der Waals surface area contributed by atoms with E-state index in [9.17, 15) is 9.59 Å². The molecule has 0 radical (unpaired) electrons. The first-order valence-electron chi connectivity index (χ1n) is 10.2. The summed E-state index contributed by atoms with van der Waals surface area (Å²) >= 11 is 7.37. The molecule has 0 aliphatic rings. The Morgan fingerprint density at radius 2 is 1.79 bits per heavy atom. The summed E-state index contributed by atoms with van der Waals surface area (Å²) < 4.78 is 7.51. The molecule has 0 unspecified atom stereocenters. The van der Waals surface area contributed by atoms with Crippen LogP contribution in [-0.2, 0) is 9.59 Å². The van der Waals surface area contributed by atoms with Crippen LogP contribution in [0.3, 0.4) is 0 Å². The molecule has 4 aromatic rings. The molecule has 3 aromatic carbocycles. The average molecular weight is 494 g/mol. The fraction of sp³-hybridized carbons (Fsp3) is 0.0833. The lowest BCUT2D eigenvalue weighted by Crippen LogP contribution is -2.14. The van der Waals surface area contributed by atoms with Crippen molar-refractivity contribution in [3.8, 4) is 17.2 Å². The van der Waals surface area contributed by atoms with E-state index in [0.29, 0.717) is 33.1 Å². The van der Waals surface area contributed by atoms with Crippen LogP contribution < -0.4 is 15.4 Å². The molecule has 2 amide bonds. The van der Waals surface area contributed by atoms with Gasteiger partial charge < -0.3 is 15.4 Å². The van der Waals surface area contributed by atoms with Crippen molar-refractivity contribution in [1.29, 1.82) is 0 Å². The van der Waals surface area contributed by atoms with Crippen molar-refractivity contribution in [3.05, 3.63) is 84.1 Å². The number of hydrogen-bond acceptors (Lipinski definition) is 6. The second-order valence-electron chi connectivity index (χ2n) is 7.11. The topological polar surface area (TPSA) is 98.1 Å². The number of thioether (sulfide) groups is 1. The van der Waals surface area contributed by atoms with E-state index in [-0.39, 0.29) is 17.6 Å². The largest absolute Gasteiger partial charge is 0.456 e. The third kappa shape index (κ3) is 6.15. The number of nitrogens with one attached hydrogen (secondary N) is 2. The van der Waals surface area contributed by atoms with Crippen LogP contribution in [0.15, 0.2) is 84.3 Å². The van der Waals surface area contributed by atoms with Crippen molar-refractivity contribution in [3.63, 3.8) is 0 Å². The number of rotatable bonds is 8. The summed E-state index contributed by atoms with van der Waals surface area (Å²) in [7, 11) is 0. The molecule has 172 valence electrons. The Labute approximate surface area is 205 Å². The van der Waals surface area contributed by atoms with Crippen molar-refractivity contribution in [1.82, 2.24) is 14.8 Å². The fourth-order valence-electron chi connectivity index (χ4n) is 3.02. The van der Waals surface area contributed by atoms with Gasteiger partial charge in [-0.25, -0.2) is 0 Å². The van der Waals surface area contributed by atoms with E-state index in [1.165, 1.54) is 18.7 Å². The molecule has 4 rings (SSSR count). The van der Waals surface area contributed by atoms with Gasteiger partial charge in [0.2, 0.25) is 11.8 Å². The highest BCUT2D eigenvalue weighted by molar-refractivity contribution is 7.99. The summed E-state index contributed by atoms with van der Waals surface area (Å²) in [5.74, 6) is 0.961. The Balaban J connectivity index is 1.34. The maximum absolute atomic E-state index is 12.5. The molecule has 10 heteroatoms. The quantitative estimate of drug-likeness (QED) is 0.319. The number of anilines is 2. The number of benzene rings is 3. The van der Waals surface area contributed by atoms with Crippen LogP contribution in [0.4, 0.5) is 11.4 Å². The highest BCUT2D eigenvalue weighted by atomic mass is 35.5. The molecule has 8 nitrogen and oxygen atoms in total. The normalized spacial score (nSPS) is 10.5. The van der Waals surface area contributed by atoms with Crippen molar-refractivity contribution >= 4 is 46.6 Å². The van der Waals surface area contributed by atoms with Gasteiger partial charge in [0, 0.05) is 18.3 Å². The summed E-state index contributed by atoms with van der Waals surface area (Å²) in [5, 5.41) is 14.7. The second-order valence-corrected chi connectivity index (χ2v) is 8.46. The third-order valence-electron chi connectivity index (χ3n) is 4.50. The number of hydrogen-bond donors (Lipinski definition) is 2. The van der Waals surface area contributed by atoms with E-state index in [1.54, 1.807) is 59.4 Å². The molecule has 0 aliphatic heterocycles. The summed E-state index contributed by atoms with van der Waals surface area (Å²) in [6.45, 7) is 1.45. The van der Waals surface area contributed by atoms with Crippen LogP contribution in [0.2, 0.25) is 5.02 Å². The molecule has 1 heterocycles. The minimum absolute atomic E-state index is 0.141. The zero-order valence-electron chi connectivity index (χ0n) is 18.1. The minimum Gasteiger partial charge on any atom is -0.456 e. The van der Waals surface area contributed by atoms with E-state index < -0.39 is 0 Å². The Bertz CT molecular complexity index is 1310. The van der Waals surface area contributed by atoms with Crippen molar-refractivity contribution in [2.45, 2.75) is 12.1 Å². The first-order chi connectivity index (χ1) is 16.5. The van der Waals surface area contributed by atoms with Gasteiger partial charge in [0.05, 0.1) is 16.5 Å². The predicted octanol–water partition coefficient (Wildman–Crippen LogP) is 5.40. The van der Waals surface area contributed by atoms with Gasteiger partial charge >= 0.3 is 0 Å². The zero-order valence-corrected chi connectivity index (χ0v) is 19.6. The predicted molar refractivity (Wildman–Crippen MR) is 133 cm³/mol. The number of nitrogens with zero attached hydrogens (tertiary/aromatic N) is 3. The summed E-state index contributed by atoms with van der Waals surface area (Å²) in [5.41, 5.74) is 2.07. The summed E-state index contributed by atoms with van der Waals surface area (Å²) in [4.78, 5) is 23.8. The lowest BCUT2D eigenvalue weighted by molar-refractivity contribution is -0.114. The molecule has 34 heavy (non-hydrogen) atoms. The molecule has 0 saturated heterocycles. The maximum Gasteiger partial charge on any atom is 0.234 e. The number of para-hydroxylation sites is 1. The summed E-state index contributed by atoms with van der Waals surface area (Å²) in [6.07, 6.45) is 1.56. The zero-order chi connectivity index (χ0) is 23.9. The van der Waals surface area contributed by atoms with Crippen molar-refractivity contribution < 1.29 is 14.3 Å². The van der Waals surface area contributed by atoms with Crippen molar-refractivity contribution in [2.24, 2.45) is 0 Å². The molecule has 2 N–H and O–H groups in total. The molecular weight excluding hydrogens is 474 g/mol. The van der Waals surface area contributed by atoms with Gasteiger partial charge in [-0.05, 0) is 54.6 Å². The van der Waals surface area contributed by atoms with Gasteiger partial charge in [0.25, 0.3) is 0 Å². The molecule has 1 aromatic heterocycles. The van der Waals surface area contributed by atoms with Gasteiger partial charge in [-0.1, -0.05) is 41.6 Å². The lowest BCUT2D eigenvalue weighted by atomic mass is 10.2. The van der Waals surface area contributed by atoms with Gasteiger partial charge in [-0.15, -0.1) is 10.2 Å². The maximum atomic E-state index is 12.5. The second kappa shape index (κ2) is 10.9. The van der Waals surface area contributed by atoms with E-state index in [2.05, 4.69) is 20.8 Å². The van der Waals surface area contributed by atoms with Gasteiger partial charge in [0.1, 0.15) is 17.8 Å². The first kappa shape index (κ1) is 23.3. The monoisotopic (exact) mass is 493 g/mol. The van der Waals surface area contributed by atoms with E-state index in [0.717, 1.165) is 5.69 Å². The van der Waals surface area contributed by atoms with Crippen LogP contribution in [-0.4, -0.2) is 32.3 Å². The molecule has 0 saturated carbocycles. The van der Waals surface area contributed by atoms with E-state index in [1.807, 2.05) is 24.3 Å². The van der Waals surface area contributed by atoms with Crippen LogP contribution in [0.1, 0.15) is 6.92 Å². The number of aromatic nitrogens is 3. The van der Waals surface area contributed by atoms with Crippen LogP contribution in [0.25, 0.3) is 5.69 Å². The standard InChI is InChI=1S/C24H20ClN5O3S/c1-16(31)27-18-5-4-6-19(13-18)30-15-26-29-24(30)34-14-23(32)28-17-9-11-20(12-10-17)33-22-8-3-2-7-21(22)25/h2-13,15H,14H2,1H3,(H,27,31)(H,28,32). The van der Waals surface area contributed by atoms with Crippen molar-refractivity contribution in [2.75, 3.05) is 16.4 Å². The number of carbonyl (C=O) groups is 2. The minimum atomic E-state index is -0.189. The molecular formula is C24H20ClN5O3S. The fourth-order valence-corrected chi connectivity index (χ4v) is 3.93. The van der Waals surface area contributed by atoms with Gasteiger partial charge in [-0.2, -0.15) is 0 Å². The number of carbonyl (C=O) groups excluding carboxylic acids is 2. The van der Waals surface area contributed by atoms with Crippen LogP contribution in [0.5, 0.6) is 11.5 Å². The smallest absolute Gasteiger partial charge is 0.234 e. The van der Waals surface area contributed by atoms with Gasteiger partial charge in [-0.3, -0.25) is 14.2 Å². The molecule has 0 aliphatic carbocycles. The molecule has 0 fully saturated rings. The van der Waals surface area contributed by atoms with Gasteiger partial charge in [0.15, 0.2) is 5.16 Å². The van der Waals surface area contributed by atoms with Crippen LogP contribution >= 0.6 is 23.4 Å². The highest BCUT2D eigenvalue weighted by Gasteiger charge is 2.11. The highest BCUT2D eigenvalue weighted by Crippen LogP contribution is 2.29. The Kier molecular flexibility index (Phi) is 7.46. The first-order valence-corrected chi connectivity index (χ1v) is 11.6. The summed E-state index contributed by atoms with van der Waals surface area (Å²) in [6, 6.07) is 21.5. The molecule has 0 bridgehead atoms.